The van der Waals surface area contributed by atoms with Crippen LogP contribution in [0.15, 0.2) is 4.52 Å². The summed E-state index contributed by atoms with van der Waals surface area (Å²) in [5.41, 5.74) is 0. The minimum Gasteiger partial charge on any atom is -0.381 e. The van der Waals surface area contributed by atoms with Crippen LogP contribution < -0.4 is 5.32 Å². The minimum absolute atomic E-state index is 0. The van der Waals surface area contributed by atoms with Crippen molar-refractivity contribution < 1.29 is 9.26 Å². The second-order valence-electron chi connectivity index (χ2n) is 5.09. The summed E-state index contributed by atoms with van der Waals surface area (Å²) in [6, 6.07) is 0.381. The molecule has 1 fully saturated rings. The van der Waals surface area contributed by atoms with Crippen molar-refractivity contribution in [1.29, 1.82) is 0 Å². The molecule has 0 bridgehead atoms. The van der Waals surface area contributed by atoms with Gasteiger partial charge in [0.05, 0.1) is 0 Å². The molecule has 1 N–H and O–H groups in total. The van der Waals surface area contributed by atoms with Crippen LogP contribution in [-0.4, -0.2) is 36.4 Å². The summed E-state index contributed by atoms with van der Waals surface area (Å²) in [6.07, 6.45) is 5.17. The summed E-state index contributed by atoms with van der Waals surface area (Å²) in [4.78, 5) is 4.43. The van der Waals surface area contributed by atoms with Crippen molar-refractivity contribution >= 4 is 12.4 Å². The van der Waals surface area contributed by atoms with Gasteiger partial charge < -0.3 is 14.6 Å². The van der Waals surface area contributed by atoms with Gasteiger partial charge in [-0.1, -0.05) is 5.16 Å². The van der Waals surface area contributed by atoms with Crippen molar-refractivity contribution in [3.05, 3.63) is 11.7 Å². The number of aryl methyl sites for hydroxylation is 1. The number of nitrogens with one attached hydrogen (secondary N) is 1. The molecule has 1 saturated heterocycles. The predicted molar refractivity (Wildman–Crippen MR) is 75.6 cm³/mol. The quantitative estimate of drug-likeness (QED) is 0.868. The Morgan fingerprint density at radius 1 is 1.37 bits per heavy atom. The van der Waals surface area contributed by atoms with Gasteiger partial charge >= 0.3 is 0 Å². The summed E-state index contributed by atoms with van der Waals surface area (Å²) in [5.74, 6) is 2.34. The maximum atomic E-state index is 5.35. The molecule has 110 valence electrons. The van der Waals surface area contributed by atoms with E-state index in [2.05, 4.69) is 22.4 Å². The highest BCUT2D eigenvalue weighted by molar-refractivity contribution is 5.85. The number of hydrogen-bond donors (Lipinski definition) is 1. The smallest absolute Gasteiger partial charge is 0.226 e. The molecule has 0 spiro atoms. The van der Waals surface area contributed by atoms with Gasteiger partial charge in [-0.3, -0.25) is 0 Å². The summed E-state index contributed by atoms with van der Waals surface area (Å²) >= 11 is 0. The predicted octanol–water partition coefficient (Wildman–Crippen LogP) is 2.00. The second-order valence-corrected chi connectivity index (χ2v) is 5.09. The normalized spacial score (nSPS) is 18.0. The van der Waals surface area contributed by atoms with E-state index in [1.165, 1.54) is 0 Å². The van der Waals surface area contributed by atoms with Gasteiger partial charge in [0.1, 0.15) is 0 Å². The maximum Gasteiger partial charge on any atom is 0.226 e. The summed E-state index contributed by atoms with van der Waals surface area (Å²) < 4.78 is 10.6. The van der Waals surface area contributed by atoms with Gasteiger partial charge in [0, 0.05) is 32.1 Å². The molecule has 1 aliphatic rings. The van der Waals surface area contributed by atoms with Crippen LogP contribution in [0.3, 0.4) is 0 Å². The second kappa shape index (κ2) is 8.51. The van der Waals surface area contributed by atoms with Crippen molar-refractivity contribution in [2.75, 3.05) is 20.3 Å². The Morgan fingerprint density at radius 2 is 2.11 bits per heavy atom. The van der Waals surface area contributed by atoms with Crippen LogP contribution in [0.4, 0.5) is 0 Å². The lowest BCUT2D eigenvalue weighted by atomic mass is 9.95. The van der Waals surface area contributed by atoms with Crippen LogP contribution in [0.1, 0.15) is 37.9 Å². The molecule has 0 saturated carbocycles. The first kappa shape index (κ1) is 16.4. The Hall–Kier alpha value is -0.650. The fourth-order valence-corrected chi connectivity index (χ4v) is 2.21. The van der Waals surface area contributed by atoms with E-state index >= 15 is 0 Å². The van der Waals surface area contributed by atoms with Crippen molar-refractivity contribution in [3.63, 3.8) is 0 Å². The first-order valence-electron chi connectivity index (χ1n) is 6.84. The number of ether oxygens (including phenoxy) is 1. The lowest BCUT2D eigenvalue weighted by Gasteiger charge is -2.20. The van der Waals surface area contributed by atoms with Crippen molar-refractivity contribution in [2.24, 2.45) is 5.92 Å². The number of nitrogens with zero attached hydrogens (tertiary/aromatic N) is 2. The van der Waals surface area contributed by atoms with E-state index in [1.54, 1.807) is 0 Å². The third-order valence-electron chi connectivity index (χ3n) is 3.60. The third-order valence-corrected chi connectivity index (χ3v) is 3.60. The Labute approximate surface area is 120 Å². The molecular weight excluding hydrogens is 266 g/mol. The zero-order valence-corrected chi connectivity index (χ0v) is 12.5. The van der Waals surface area contributed by atoms with Crippen LogP contribution in [0.25, 0.3) is 0 Å². The molecule has 2 rings (SSSR count). The molecule has 1 aliphatic heterocycles. The van der Waals surface area contributed by atoms with Crippen LogP contribution in [0.5, 0.6) is 0 Å². The number of aromatic nitrogens is 2. The van der Waals surface area contributed by atoms with Gasteiger partial charge in [0.15, 0.2) is 5.82 Å². The molecule has 1 aromatic heterocycles. The molecule has 1 aromatic rings. The standard InChI is InChI=1S/C13H23N3O2.ClH/c1-10(14-2)9-12-15-13(18-16-12)4-3-11-5-7-17-8-6-11;/h10-11,14H,3-9H2,1-2H3;1H. The van der Waals surface area contributed by atoms with E-state index in [1.807, 2.05) is 7.05 Å². The minimum atomic E-state index is 0. The fourth-order valence-electron chi connectivity index (χ4n) is 2.21. The molecule has 19 heavy (non-hydrogen) atoms. The van der Waals surface area contributed by atoms with Crippen molar-refractivity contribution in [3.8, 4) is 0 Å². The average molecular weight is 290 g/mol. The van der Waals surface area contributed by atoms with E-state index < -0.39 is 0 Å². The summed E-state index contributed by atoms with van der Waals surface area (Å²) in [6.45, 7) is 3.91. The average Bonchev–Trinajstić information content (AvgIpc) is 2.85. The first-order chi connectivity index (χ1) is 8.78. The van der Waals surface area contributed by atoms with Gasteiger partial charge in [-0.05, 0) is 39.2 Å². The first-order valence-corrected chi connectivity index (χ1v) is 6.84. The Bertz CT molecular complexity index is 353. The highest BCUT2D eigenvalue weighted by Gasteiger charge is 2.16. The van der Waals surface area contributed by atoms with E-state index in [9.17, 15) is 0 Å². The topological polar surface area (TPSA) is 60.2 Å². The molecule has 1 unspecified atom stereocenters. The van der Waals surface area contributed by atoms with Crippen molar-refractivity contribution in [2.45, 2.75) is 45.1 Å². The Kier molecular flexibility index (Phi) is 7.34. The summed E-state index contributed by atoms with van der Waals surface area (Å²) in [7, 11) is 1.94. The monoisotopic (exact) mass is 289 g/mol. The van der Waals surface area contributed by atoms with Crippen LogP contribution in [-0.2, 0) is 17.6 Å². The molecule has 1 atom stereocenters. The molecule has 0 aliphatic carbocycles. The molecule has 2 heterocycles. The molecule has 0 aromatic carbocycles. The lowest BCUT2D eigenvalue weighted by Crippen LogP contribution is -2.24. The third kappa shape index (κ3) is 5.47. The van der Waals surface area contributed by atoms with E-state index in [4.69, 9.17) is 9.26 Å². The van der Waals surface area contributed by atoms with E-state index in [0.29, 0.717) is 6.04 Å². The summed E-state index contributed by atoms with van der Waals surface area (Å²) in [5, 5.41) is 7.19. The van der Waals surface area contributed by atoms with Crippen LogP contribution in [0.2, 0.25) is 0 Å². The SMILES string of the molecule is CNC(C)Cc1noc(CCC2CCOCC2)n1.Cl. The maximum absolute atomic E-state index is 5.35. The van der Waals surface area contributed by atoms with Gasteiger partial charge in [-0.2, -0.15) is 4.98 Å². The van der Waals surface area contributed by atoms with Crippen LogP contribution >= 0.6 is 12.4 Å². The zero-order chi connectivity index (χ0) is 12.8. The van der Waals surface area contributed by atoms with Gasteiger partial charge in [-0.25, -0.2) is 0 Å². The highest BCUT2D eigenvalue weighted by atomic mass is 35.5. The highest BCUT2D eigenvalue weighted by Crippen LogP contribution is 2.20. The molecule has 6 heteroatoms. The number of halogens is 1. The molecule has 0 amide bonds. The molecule has 0 radical (unpaired) electrons. The number of hydrogen-bond acceptors (Lipinski definition) is 5. The Balaban J connectivity index is 0.00000180. The fraction of sp³-hybridized carbons (Fsp3) is 0.846. The van der Waals surface area contributed by atoms with E-state index in [-0.39, 0.29) is 12.4 Å². The lowest BCUT2D eigenvalue weighted by molar-refractivity contribution is 0.0634. The molecular formula is C13H24ClN3O2. The van der Waals surface area contributed by atoms with Crippen LogP contribution in [0, 0.1) is 5.92 Å². The number of rotatable bonds is 6. The van der Waals surface area contributed by atoms with Gasteiger partial charge in [0.25, 0.3) is 0 Å². The van der Waals surface area contributed by atoms with Gasteiger partial charge in [0.2, 0.25) is 5.89 Å². The number of likely N-dealkylation sites (N-methyl/N-ethyl adjacent to an activating group) is 1. The Morgan fingerprint density at radius 3 is 2.79 bits per heavy atom. The zero-order valence-electron chi connectivity index (χ0n) is 11.7. The van der Waals surface area contributed by atoms with Gasteiger partial charge in [-0.15, -0.1) is 12.4 Å². The van der Waals surface area contributed by atoms with E-state index in [0.717, 1.165) is 63.0 Å². The van der Waals surface area contributed by atoms with Crippen molar-refractivity contribution in [1.82, 2.24) is 15.5 Å². The molecule has 5 nitrogen and oxygen atoms in total. The largest absolute Gasteiger partial charge is 0.381 e.